The molecule has 2 heterocycles. The first-order valence-corrected chi connectivity index (χ1v) is 5.04. The van der Waals surface area contributed by atoms with Gasteiger partial charge in [-0.1, -0.05) is 23.4 Å². The van der Waals surface area contributed by atoms with Gasteiger partial charge in [-0.2, -0.15) is 0 Å². The molecule has 0 aliphatic carbocycles. The zero-order valence-electron chi connectivity index (χ0n) is 6.74. The lowest BCUT2D eigenvalue weighted by molar-refractivity contribution is 0.0454. The number of nitrogens with zero attached hydrogens (tertiary/aromatic N) is 2. The summed E-state index contributed by atoms with van der Waals surface area (Å²) in [6.07, 6.45) is 0. The highest BCUT2D eigenvalue weighted by Crippen LogP contribution is 2.27. The summed E-state index contributed by atoms with van der Waals surface area (Å²) in [6.45, 7) is 1.54. The Kier molecular flexibility index (Phi) is 2.57. The monoisotopic (exact) mass is 217 g/mol. The molecule has 2 N–H and O–H groups in total. The quantitative estimate of drug-likeness (QED) is 0.755. The second-order valence-electron chi connectivity index (χ2n) is 2.66. The Labute approximate surface area is 84.8 Å². The predicted molar refractivity (Wildman–Crippen MR) is 51.9 cm³/mol. The highest BCUT2D eigenvalue weighted by atomic mass is 35.5. The van der Waals surface area contributed by atoms with Crippen LogP contribution in [-0.4, -0.2) is 28.4 Å². The lowest BCUT2D eigenvalue weighted by Crippen LogP contribution is -2.30. The average Bonchev–Trinajstić information content (AvgIpc) is 1.95. The average molecular weight is 218 g/mol. The minimum atomic E-state index is 0.218. The van der Waals surface area contributed by atoms with Gasteiger partial charge in [-0.3, -0.25) is 0 Å². The number of rotatable bonds is 2. The summed E-state index contributed by atoms with van der Waals surface area (Å²) in [5, 5.41) is 1.67. The largest absolute Gasteiger partial charge is 0.379 e. The van der Waals surface area contributed by atoms with Gasteiger partial charge in [-0.15, -0.1) is 0 Å². The van der Waals surface area contributed by atoms with E-state index in [2.05, 4.69) is 9.97 Å². The Morgan fingerprint density at radius 1 is 1.54 bits per heavy atom. The van der Waals surface area contributed by atoms with Crippen molar-refractivity contribution in [2.24, 2.45) is 0 Å². The van der Waals surface area contributed by atoms with Crippen LogP contribution in [0.5, 0.6) is 0 Å². The van der Waals surface area contributed by atoms with Crippen molar-refractivity contribution in [1.82, 2.24) is 9.97 Å². The van der Waals surface area contributed by atoms with E-state index in [1.807, 2.05) is 0 Å². The Balaban J connectivity index is 2.10. The van der Waals surface area contributed by atoms with E-state index in [0.717, 1.165) is 18.2 Å². The molecule has 70 valence electrons. The van der Waals surface area contributed by atoms with Gasteiger partial charge in [-0.25, -0.2) is 9.97 Å². The van der Waals surface area contributed by atoms with Crippen LogP contribution in [-0.2, 0) is 4.74 Å². The van der Waals surface area contributed by atoms with Crippen LogP contribution in [0.2, 0.25) is 5.15 Å². The number of aromatic nitrogens is 2. The maximum atomic E-state index is 5.72. The van der Waals surface area contributed by atoms with Crippen LogP contribution in [0.25, 0.3) is 0 Å². The third-order valence-corrected chi connectivity index (χ3v) is 2.83. The first kappa shape index (κ1) is 9.05. The number of ether oxygens (including phenoxy) is 1. The van der Waals surface area contributed by atoms with Gasteiger partial charge in [0.15, 0.2) is 0 Å². The molecule has 0 atom stereocenters. The van der Waals surface area contributed by atoms with Crippen LogP contribution in [0, 0.1) is 0 Å². The fraction of sp³-hybridized carbons (Fsp3) is 0.429. The van der Waals surface area contributed by atoms with Crippen molar-refractivity contribution in [2.75, 3.05) is 18.9 Å². The molecule has 1 aliphatic heterocycles. The molecular formula is C7H8ClN3OS. The van der Waals surface area contributed by atoms with Crippen molar-refractivity contribution in [2.45, 2.75) is 10.3 Å². The molecule has 0 saturated carbocycles. The van der Waals surface area contributed by atoms with E-state index in [1.165, 1.54) is 0 Å². The Morgan fingerprint density at radius 3 is 2.85 bits per heavy atom. The molecule has 2 rings (SSSR count). The maximum Gasteiger partial charge on any atom is 0.222 e. The van der Waals surface area contributed by atoms with Crippen molar-refractivity contribution >= 4 is 29.3 Å². The molecule has 1 aromatic rings. The maximum absolute atomic E-state index is 5.72. The Hall–Kier alpha value is -0.520. The molecule has 13 heavy (non-hydrogen) atoms. The summed E-state index contributed by atoms with van der Waals surface area (Å²) < 4.78 is 5.04. The fourth-order valence-electron chi connectivity index (χ4n) is 0.927. The zero-order chi connectivity index (χ0) is 9.26. The molecule has 1 aliphatic rings. The normalized spacial score (nSPS) is 17.0. The van der Waals surface area contributed by atoms with Gasteiger partial charge in [0, 0.05) is 6.07 Å². The molecule has 0 amide bonds. The molecule has 0 aromatic carbocycles. The molecule has 0 radical (unpaired) electrons. The van der Waals surface area contributed by atoms with Crippen molar-refractivity contribution in [1.29, 1.82) is 0 Å². The molecular weight excluding hydrogens is 210 g/mol. The van der Waals surface area contributed by atoms with Crippen molar-refractivity contribution < 1.29 is 4.74 Å². The molecule has 0 unspecified atom stereocenters. The standard InChI is InChI=1S/C7H8ClN3OS/c8-5-1-6(11-7(9)10-5)13-4-2-12-3-4/h1,4H,2-3H2,(H2,9,10,11). The second kappa shape index (κ2) is 3.69. The van der Waals surface area contributed by atoms with Gasteiger partial charge in [0.25, 0.3) is 0 Å². The summed E-state index contributed by atoms with van der Waals surface area (Å²) in [7, 11) is 0. The highest BCUT2D eigenvalue weighted by Gasteiger charge is 2.20. The number of halogens is 1. The van der Waals surface area contributed by atoms with Gasteiger partial charge >= 0.3 is 0 Å². The third-order valence-electron chi connectivity index (χ3n) is 1.58. The van der Waals surface area contributed by atoms with Crippen LogP contribution in [0.15, 0.2) is 11.1 Å². The van der Waals surface area contributed by atoms with Crippen molar-refractivity contribution in [3.05, 3.63) is 11.2 Å². The van der Waals surface area contributed by atoms with Gasteiger partial charge in [-0.05, 0) is 0 Å². The highest BCUT2D eigenvalue weighted by molar-refractivity contribution is 8.00. The number of hydrogen-bond acceptors (Lipinski definition) is 5. The Bertz CT molecular complexity index is 298. The van der Waals surface area contributed by atoms with E-state index < -0.39 is 0 Å². The number of thioether (sulfide) groups is 1. The van der Waals surface area contributed by atoms with Crippen molar-refractivity contribution in [3.8, 4) is 0 Å². The van der Waals surface area contributed by atoms with Crippen LogP contribution in [0.3, 0.4) is 0 Å². The minimum Gasteiger partial charge on any atom is -0.379 e. The topological polar surface area (TPSA) is 61.0 Å². The van der Waals surface area contributed by atoms with E-state index in [1.54, 1.807) is 17.8 Å². The number of nitrogen functional groups attached to an aromatic ring is 1. The molecule has 6 heteroatoms. The van der Waals surface area contributed by atoms with Crippen LogP contribution >= 0.6 is 23.4 Å². The van der Waals surface area contributed by atoms with E-state index >= 15 is 0 Å². The zero-order valence-corrected chi connectivity index (χ0v) is 8.31. The summed E-state index contributed by atoms with van der Waals surface area (Å²) in [6, 6.07) is 1.71. The van der Waals surface area contributed by atoms with Gasteiger partial charge in [0.05, 0.1) is 18.5 Å². The van der Waals surface area contributed by atoms with Crippen LogP contribution < -0.4 is 5.73 Å². The summed E-state index contributed by atoms with van der Waals surface area (Å²) >= 11 is 7.34. The minimum absolute atomic E-state index is 0.218. The van der Waals surface area contributed by atoms with E-state index in [9.17, 15) is 0 Å². The molecule has 1 fully saturated rings. The van der Waals surface area contributed by atoms with Gasteiger partial charge in [0.2, 0.25) is 5.95 Å². The smallest absolute Gasteiger partial charge is 0.222 e. The molecule has 4 nitrogen and oxygen atoms in total. The number of nitrogens with two attached hydrogens (primary N) is 1. The van der Waals surface area contributed by atoms with E-state index in [4.69, 9.17) is 22.1 Å². The summed E-state index contributed by atoms with van der Waals surface area (Å²) in [5.41, 5.74) is 5.44. The number of hydrogen-bond donors (Lipinski definition) is 1. The second-order valence-corrected chi connectivity index (χ2v) is 4.37. The molecule has 0 bridgehead atoms. The van der Waals surface area contributed by atoms with E-state index in [-0.39, 0.29) is 5.95 Å². The lowest BCUT2D eigenvalue weighted by atomic mass is 10.4. The first-order chi connectivity index (χ1) is 6.24. The molecule has 0 spiro atoms. The van der Waals surface area contributed by atoms with Crippen LogP contribution in [0.1, 0.15) is 0 Å². The Morgan fingerprint density at radius 2 is 2.31 bits per heavy atom. The molecule has 1 saturated heterocycles. The third kappa shape index (κ3) is 2.24. The fourth-order valence-corrected chi connectivity index (χ4v) is 2.18. The SMILES string of the molecule is Nc1nc(Cl)cc(SC2COC2)n1. The molecule has 1 aromatic heterocycles. The summed E-state index contributed by atoms with van der Waals surface area (Å²) in [5.74, 6) is 0.218. The predicted octanol–water partition coefficient (Wildman–Crippen LogP) is 1.20. The lowest BCUT2D eigenvalue weighted by Gasteiger charge is -2.24. The van der Waals surface area contributed by atoms with Crippen molar-refractivity contribution in [3.63, 3.8) is 0 Å². The van der Waals surface area contributed by atoms with Gasteiger partial charge < -0.3 is 10.5 Å². The number of anilines is 1. The summed E-state index contributed by atoms with van der Waals surface area (Å²) in [4.78, 5) is 7.82. The van der Waals surface area contributed by atoms with Crippen LogP contribution in [0.4, 0.5) is 5.95 Å². The van der Waals surface area contributed by atoms with Gasteiger partial charge in [0.1, 0.15) is 10.2 Å². The van der Waals surface area contributed by atoms with E-state index in [0.29, 0.717) is 10.4 Å². The first-order valence-electron chi connectivity index (χ1n) is 3.78.